The van der Waals surface area contributed by atoms with Gasteiger partial charge in [-0.05, 0) is 40.2 Å². The number of amides is 1. The Morgan fingerprint density at radius 3 is 2.66 bits per heavy atom. The first-order chi connectivity index (χ1) is 14.0. The van der Waals surface area contributed by atoms with Crippen LogP contribution in [0.2, 0.25) is 0 Å². The minimum Gasteiger partial charge on any atom is -0.335 e. The number of benzene rings is 1. The van der Waals surface area contributed by atoms with Crippen molar-refractivity contribution in [1.82, 2.24) is 19.6 Å². The number of thiophene rings is 1. The Kier molecular flexibility index (Phi) is 5.74. The van der Waals surface area contributed by atoms with Crippen molar-refractivity contribution in [3.05, 3.63) is 73.1 Å². The summed E-state index contributed by atoms with van der Waals surface area (Å²) >= 11 is 5.21. The first-order valence-corrected chi connectivity index (χ1v) is 10.7. The third-order valence-electron chi connectivity index (χ3n) is 4.78. The van der Waals surface area contributed by atoms with Gasteiger partial charge in [-0.3, -0.25) is 19.8 Å². The van der Waals surface area contributed by atoms with E-state index in [-0.39, 0.29) is 11.6 Å². The van der Waals surface area contributed by atoms with E-state index in [1.165, 1.54) is 21.7 Å². The molecular weight excluding hydrogens is 458 g/mol. The largest absolute Gasteiger partial charge is 0.335 e. The molecular formula is C19H18BrN5O3S. The van der Waals surface area contributed by atoms with Gasteiger partial charge in [-0.25, -0.2) is 4.68 Å². The van der Waals surface area contributed by atoms with E-state index in [1.807, 2.05) is 0 Å². The maximum absolute atomic E-state index is 12.8. The summed E-state index contributed by atoms with van der Waals surface area (Å²) in [5.74, 6) is -0.118. The van der Waals surface area contributed by atoms with Crippen LogP contribution in [-0.2, 0) is 6.54 Å². The van der Waals surface area contributed by atoms with Crippen molar-refractivity contribution >= 4 is 38.9 Å². The number of non-ortho nitro benzene ring substituents is 1. The lowest BCUT2D eigenvalue weighted by Crippen LogP contribution is -2.48. The van der Waals surface area contributed by atoms with E-state index in [9.17, 15) is 14.9 Å². The molecule has 0 atom stereocenters. The van der Waals surface area contributed by atoms with E-state index in [2.05, 4.69) is 38.1 Å². The molecule has 0 unspecified atom stereocenters. The molecule has 8 nitrogen and oxygen atoms in total. The van der Waals surface area contributed by atoms with Crippen LogP contribution < -0.4 is 0 Å². The third kappa shape index (κ3) is 4.55. The fourth-order valence-corrected chi connectivity index (χ4v) is 4.78. The summed E-state index contributed by atoms with van der Waals surface area (Å²) in [7, 11) is 0. The Morgan fingerprint density at radius 2 is 1.97 bits per heavy atom. The Hall–Kier alpha value is -2.56. The Bertz CT molecular complexity index is 1040. The van der Waals surface area contributed by atoms with E-state index < -0.39 is 4.92 Å². The van der Waals surface area contributed by atoms with E-state index in [0.717, 1.165) is 23.4 Å². The lowest BCUT2D eigenvalue weighted by Gasteiger charge is -2.34. The molecule has 0 aliphatic carbocycles. The Balaban J connectivity index is 1.38. The number of nitro groups is 1. The summed E-state index contributed by atoms with van der Waals surface area (Å²) in [6.45, 7) is 3.81. The Morgan fingerprint density at radius 1 is 1.17 bits per heavy atom. The van der Waals surface area contributed by atoms with Gasteiger partial charge >= 0.3 is 0 Å². The number of carbonyl (C=O) groups excluding carboxylic acids is 1. The second-order valence-electron chi connectivity index (χ2n) is 6.70. The normalized spacial score (nSPS) is 14.9. The number of hydrogen-bond donors (Lipinski definition) is 0. The smallest absolute Gasteiger partial charge is 0.274 e. The number of nitro benzene ring substituents is 1. The number of hydrogen-bond acceptors (Lipinski definition) is 6. The van der Waals surface area contributed by atoms with Gasteiger partial charge in [-0.2, -0.15) is 5.10 Å². The predicted octanol–water partition coefficient (Wildman–Crippen LogP) is 3.56. The monoisotopic (exact) mass is 475 g/mol. The third-order valence-corrected chi connectivity index (χ3v) is 6.39. The highest BCUT2D eigenvalue weighted by molar-refractivity contribution is 9.11. The molecule has 1 aliphatic rings. The molecule has 1 fully saturated rings. The van der Waals surface area contributed by atoms with Crippen molar-refractivity contribution in [2.75, 3.05) is 26.2 Å². The van der Waals surface area contributed by atoms with E-state index in [4.69, 9.17) is 0 Å². The standard InChI is InChI=1S/C19H18BrN5O3S/c20-18-5-4-16(29-18)13-22-8-10-23(11-9-22)19(26)17-6-7-24(21-17)14-2-1-3-15(12-14)25(27)28/h1-7,12H,8-11,13H2. The second kappa shape index (κ2) is 8.44. The zero-order valence-corrected chi connectivity index (χ0v) is 17.8. The van der Waals surface area contributed by atoms with Gasteiger partial charge in [0.25, 0.3) is 11.6 Å². The first kappa shape index (κ1) is 19.7. The number of carbonyl (C=O) groups is 1. The molecule has 1 aliphatic heterocycles. The maximum Gasteiger partial charge on any atom is 0.274 e. The van der Waals surface area contributed by atoms with E-state index >= 15 is 0 Å². The quantitative estimate of drug-likeness (QED) is 0.415. The predicted molar refractivity (Wildman–Crippen MR) is 113 cm³/mol. The van der Waals surface area contributed by atoms with Crippen molar-refractivity contribution in [3.63, 3.8) is 0 Å². The molecule has 3 aromatic rings. The molecule has 0 bridgehead atoms. The minimum atomic E-state index is -0.451. The molecule has 1 amide bonds. The fourth-order valence-electron chi connectivity index (χ4n) is 3.26. The van der Waals surface area contributed by atoms with Crippen LogP contribution in [0.1, 0.15) is 15.4 Å². The van der Waals surface area contributed by atoms with Gasteiger partial charge in [-0.15, -0.1) is 11.3 Å². The topological polar surface area (TPSA) is 84.5 Å². The first-order valence-electron chi connectivity index (χ1n) is 9.06. The maximum atomic E-state index is 12.8. The number of halogens is 1. The molecule has 3 heterocycles. The lowest BCUT2D eigenvalue weighted by atomic mass is 10.2. The average molecular weight is 476 g/mol. The molecule has 4 rings (SSSR count). The summed E-state index contributed by atoms with van der Waals surface area (Å²) in [5, 5.41) is 15.3. The molecule has 0 radical (unpaired) electrons. The molecule has 150 valence electrons. The number of rotatable bonds is 5. The zero-order valence-electron chi connectivity index (χ0n) is 15.4. The van der Waals surface area contributed by atoms with Crippen molar-refractivity contribution in [2.24, 2.45) is 0 Å². The van der Waals surface area contributed by atoms with Crippen LogP contribution >= 0.6 is 27.3 Å². The molecule has 0 saturated carbocycles. The summed E-state index contributed by atoms with van der Waals surface area (Å²) in [6.07, 6.45) is 1.65. The van der Waals surface area contributed by atoms with Gasteiger partial charge in [0.1, 0.15) is 0 Å². The zero-order chi connectivity index (χ0) is 20.4. The van der Waals surface area contributed by atoms with Gasteiger partial charge in [0.2, 0.25) is 0 Å². The van der Waals surface area contributed by atoms with Crippen LogP contribution in [0.4, 0.5) is 5.69 Å². The van der Waals surface area contributed by atoms with Gasteiger partial charge < -0.3 is 4.90 Å². The van der Waals surface area contributed by atoms with Gasteiger partial charge in [0.15, 0.2) is 5.69 Å². The van der Waals surface area contributed by atoms with Gasteiger partial charge in [0, 0.05) is 55.9 Å². The van der Waals surface area contributed by atoms with Crippen LogP contribution in [0.3, 0.4) is 0 Å². The number of aromatic nitrogens is 2. The van der Waals surface area contributed by atoms with Crippen molar-refractivity contribution in [1.29, 1.82) is 0 Å². The van der Waals surface area contributed by atoms with Crippen LogP contribution in [0, 0.1) is 10.1 Å². The average Bonchev–Trinajstić information content (AvgIpc) is 3.37. The summed E-state index contributed by atoms with van der Waals surface area (Å²) in [6, 6.07) is 12.0. The fraction of sp³-hybridized carbons (Fsp3) is 0.263. The Labute approximate surface area is 179 Å². The molecule has 1 aromatic carbocycles. The summed E-state index contributed by atoms with van der Waals surface area (Å²) < 4.78 is 2.62. The SMILES string of the molecule is O=C(c1ccn(-c2cccc([N+](=O)[O-])c2)n1)N1CCN(Cc2ccc(Br)s2)CC1. The van der Waals surface area contributed by atoms with Crippen LogP contribution in [0.15, 0.2) is 52.4 Å². The molecule has 2 aromatic heterocycles. The van der Waals surface area contributed by atoms with Crippen LogP contribution in [0.5, 0.6) is 0 Å². The van der Waals surface area contributed by atoms with Crippen molar-refractivity contribution in [2.45, 2.75) is 6.54 Å². The highest BCUT2D eigenvalue weighted by Crippen LogP contribution is 2.24. The van der Waals surface area contributed by atoms with Gasteiger partial charge in [-0.1, -0.05) is 6.07 Å². The molecule has 0 spiro atoms. The highest BCUT2D eigenvalue weighted by atomic mass is 79.9. The highest BCUT2D eigenvalue weighted by Gasteiger charge is 2.24. The van der Waals surface area contributed by atoms with Crippen LogP contribution in [-0.4, -0.2) is 56.6 Å². The van der Waals surface area contributed by atoms with Crippen molar-refractivity contribution < 1.29 is 9.72 Å². The summed E-state index contributed by atoms with van der Waals surface area (Å²) in [5.41, 5.74) is 0.872. The van der Waals surface area contributed by atoms with Gasteiger partial charge in [0.05, 0.1) is 14.4 Å². The van der Waals surface area contributed by atoms with Crippen LogP contribution in [0.25, 0.3) is 5.69 Å². The number of nitrogens with zero attached hydrogens (tertiary/aromatic N) is 5. The van der Waals surface area contributed by atoms with E-state index in [1.54, 1.807) is 40.6 Å². The lowest BCUT2D eigenvalue weighted by molar-refractivity contribution is -0.384. The number of piperazine rings is 1. The van der Waals surface area contributed by atoms with E-state index in [0.29, 0.717) is 24.5 Å². The molecule has 1 saturated heterocycles. The minimum absolute atomic E-state index is 0.0141. The molecule has 10 heteroatoms. The van der Waals surface area contributed by atoms with Crippen molar-refractivity contribution in [3.8, 4) is 5.69 Å². The summed E-state index contributed by atoms with van der Waals surface area (Å²) in [4.78, 5) is 28.8. The molecule has 0 N–H and O–H groups in total. The second-order valence-corrected chi connectivity index (χ2v) is 9.24. The molecule has 29 heavy (non-hydrogen) atoms.